The van der Waals surface area contributed by atoms with Crippen LogP contribution in [0.3, 0.4) is 0 Å². The molecule has 1 saturated heterocycles. The van der Waals surface area contributed by atoms with Crippen molar-refractivity contribution >= 4 is 17.7 Å². The van der Waals surface area contributed by atoms with Crippen molar-refractivity contribution in [2.24, 2.45) is 0 Å². The topological polar surface area (TPSA) is 94.5 Å². The van der Waals surface area contributed by atoms with Crippen LogP contribution < -0.4 is 15.3 Å². The number of anilines is 2. The molecule has 1 amide bonds. The Morgan fingerprint density at radius 1 is 1.07 bits per heavy atom. The number of amides is 1. The van der Waals surface area contributed by atoms with Gasteiger partial charge in [0, 0.05) is 44.8 Å². The van der Waals surface area contributed by atoms with Crippen LogP contribution in [0.15, 0.2) is 24.7 Å². The molecule has 0 radical (unpaired) electrons. The number of nitrogens with one attached hydrogen (secondary N) is 1. The van der Waals surface area contributed by atoms with Crippen LogP contribution in [0.4, 0.5) is 24.9 Å². The Morgan fingerprint density at radius 3 is 2.32 bits per heavy atom. The number of hydrogen-bond acceptors (Lipinski definition) is 7. The second-order valence-electron chi connectivity index (χ2n) is 6.40. The SMILES string of the molecule is Cc1cc(C(F)(F)F)cnc1N1CCCN(c2ncc(C(=O)NO)cn2)CC1. The van der Waals surface area contributed by atoms with E-state index in [2.05, 4.69) is 15.0 Å². The summed E-state index contributed by atoms with van der Waals surface area (Å²) >= 11 is 0. The molecule has 2 aromatic heterocycles. The molecule has 2 aromatic rings. The van der Waals surface area contributed by atoms with Gasteiger partial charge in [-0.05, 0) is 25.0 Å². The van der Waals surface area contributed by atoms with Crippen molar-refractivity contribution in [3.63, 3.8) is 0 Å². The monoisotopic (exact) mass is 396 g/mol. The number of halogens is 3. The molecule has 0 spiro atoms. The second kappa shape index (κ2) is 7.97. The predicted molar refractivity (Wildman–Crippen MR) is 94.3 cm³/mol. The number of pyridine rings is 1. The van der Waals surface area contributed by atoms with E-state index in [1.165, 1.54) is 17.9 Å². The standard InChI is InChI=1S/C17H19F3N6O2/c1-11-7-13(17(18,19)20)10-21-14(11)25-3-2-4-26(6-5-25)16-22-8-12(9-23-16)15(27)24-28/h7-10,28H,2-6H2,1H3,(H,24,27). The Hall–Kier alpha value is -2.95. The largest absolute Gasteiger partial charge is 0.417 e. The zero-order chi connectivity index (χ0) is 20.3. The number of nitrogens with zero attached hydrogens (tertiary/aromatic N) is 5. The van der Waals surface area contributed by atoms with Crippen LogP contribution in [0.2, 0.25) is 0 Å². The maximum absolute atomic E-state index is 12.8. The summed E-state index contributed by atoms with van der Waals surface area (Å²) < 4.78 is 38.5. The van der Waals surface area contributed by atoms with Gasteiger partial charge in [-0.15, -0.1) is 0 Å². The van der Waals surface area contributed by atoms with E-state index in [9.17, 15) is 18.0 Å². The summed E-state index contributed by atoms with van der Waals surface area (Å²) in [6.07, 6.45) is -0.179. The highest BCUT2D eigenvalue weighted by Crippen LogP contribution is 2.31. The van der Waals surface area contributed by atoms with Gasteiger partial charge in [0.1, 0.15) is 5.82 Å². The number of carbonyl (C=O) groups excluding carboxylic acids is 1. The molecule has 0 aliphatic carbocycles. The summed E-state index contributed by atoms with van der Waals surface area (Å²) in [7, 11) is 0. The van der Waals surface area contributed by atoms with Gasteiger partial charge >= 0.3 is 6.18 Å². The van der Waals surface area contributed by atoms with Gasteiger partial charge in [-0.1, -0.05) is 0 Å². The molecular formula is C17H19F3N6O2. The molecule has 1 aliphatic rings. The Balaban J connectivity index is 1.71. The summed E-state index contributed by atoms with van der Waals surface area (Å²) in [4.78, 5) is 27.6. The average molecular weight is 396 g/mol. The van der Waals surface area contributed by atoms with Gasteiger partial charge in [-0.25, -0.2) is 20.4 Å². The van der Waals surface area contributed by atoms with E-state index >= 15 is 0 Å². The first kappa shape index (κ1) is 19.8. The minimum absolute atomic E-state index is 0.132. The van der Waals surface area contributed by atoms with Crippen LogP contribution in [-0.4, -0.2) is 52.2 Å². The van der Waals surface area contributed by atoms with E-state index in [0.29, 0.717) is 43.5 Å². The van der Waals surface area contributed by atoms with Crippen LogP contribution in [0.25, 0.3) is 0 Å². The van der Waals surface area contributed by atoms with Crippen molar-refractivity contribution in [3.05, 3.63) is 41.3 Å². The third-order valence-corrected chi connectivity index (χ3v) is 4.46. The smallest absolute Gasteiger partial charge is 0.355 e. The lowest BCUT2D eigenvalue weighted by Gasteiger charge is -2.24. The normalized spacial score (nSPS) is 15.3. The molecule has 150 valence electrons. The van der Waals surface area contributed by atoms with E-state index in [4.69, 9.17) is 5.21 Å². The fourth-order valence-electron chi connectivity index (χ4n) is 3.05. The van der Waals surface area contributed by atoms with Crippen LogP contribution in [-0.2, 0) is 6.18 Å². The Kier molecular flexibility index (Phi) is 5.63. The van der Waals surface area contributed by atoms with Gasteiger partial charge in [-0.3, -0.25) is 10.0 Å². The highest BCUT2D eigenvalue weighted by molar-refractivity contribution is 5.92. The van der Waals surface area contributed by atoms with E-state index in [0.717, 1.165) is 18.7 Å². The highest BCUT2D eigenvalue weighted by atomic mass is 19.4. The van der Waals surface area contributed by atoms with Crippen LogP contribution in [0.1, 0.15) is 27.9 Å². The number of hydrogen-bond donors (Lipinski definition) is 2. The maximum Gasteiger partial charge on any atom is 0.417 e. The third-order valence-electron chi connectivity index (χ3n) is 4.46. The number of alkyl halides is 3. The molecule has 0 atom stereocenters. The molecule has 1 aliphatic heterocycles. The minimum atomic E-state index is -4.41. The van der Waals surface area contributed by atoms with Crippen molar-refractivity contribution in [1.29, 1.82) is 0 Å². The first-order chi connectivity index (χ1) is 13.3. The summed E-state index contributed by atoms with van der Waals surface area (Å²) in [6, 6.07) is 1.11. The second-order valence-corrected chi connectivity index (χ2v) is 6.40. The fourth-order valence-corrected chi connectivity index (χ4v) is 3.05. The van der Waals surface area contributed by atoms with Gasteiger partial charge in [0.2, 0.25) is 5.95 Å². The Bertz CT molecular complexity index is 844. The predicted octanol–water partition coefficient (Wildman–Crippen LogP) is 2.03. The van der Waals surface area contributed by atoms with Crippen molar-refractivity contribution < 1.29 is 23.2 Å². The Morgan fingerprint density at radius 2 is 1.71 bits per heavy atom. The fraction of sp³-hybridized carbons (Fsp3) is 0.412. The molecule has 8 nitrogen and oxygen atoms in total. The molecule has 11 heteroatoms. The summed E-state index contributed by atoms with van der Waals surface area (Å²) in [5.41, 5.74) is 1.36. The lowest BCUT2D eigenvalue weighted by Crippen LogP contribution is -2.32. The van der Waals surface area contributed by atoms with Crippen molar-refractivity contribution in [2.75, 3.05) is 36.0 Å². The van der Waals surface area contributed by atoms with Crippen LogP contribution in [0, 0.1) is 6.92 Å². The lowest BCUT2D eigenvalue weighted by atomic mass is 10.2. The van der Waals surface area contributed by atoms with Crippen molar-refractivity contribution in [3.8, 4) is 0 Å². The molecule has 0 bridgehead atoms. The third kappa shape index (κ3) is 4.30. The summed E-state index contributed by atoms with van der Waals surface area (Å²) in [5.74, 6) is 0.275. The number of rotatable bonds is 3. The minimum Gasteiger partial charge on any atom is -0.355 e. The van der Waals surface area contributed by atoms with Crippen molar-refractivity contribution in [2.45, 2.75) is 19.5 Å². The van der Waals surface area contributed by atoms with Gasteiger partial charge in [0.05, 0.1) is 11.1 Å². The van der Waals surface area contributed by atoms with E-state index < -0.39 is 17.6 Å². The maximum atomic E-state index is 12.8. The molecule has 0 saturated carbocycles. The van der Waals surface area contributed by atoms with Gasteiger partial charge in [0.15, 0.2) is 0 Å². The zero-order valence-corrected chi connectivity index (χ0v) is 15.1. The quantitative estimate of drug-likeness (QED) is 0.606. The molecule has 3 rings (SSSR count). The zero-order valence-electron chi connectivity index (χ0n) is 15.1. The molecule has 2 N–H and O–H groups in total. The number of aryl methyl sites for hydroxylation is 1. The first-order valence-corrected chi connectivity index (χ1v) is 8.60. The molecular weight excluding hydrogens is 377 g/mol. The van der Waals surface area contributed by atoms with E-state index in [1.54, 1.807) is 6.92 Å². The number of aromatic nitrogens is 3. The molecule has 28 heavy (non-hydrogen) atoms. The molecule has 0 unspecified atom stereocenters. The lowest BCUT2D eigenvalue weighted by molar-refractivity contribution is -0.137. The van der Waals surface area contributed by atoms with Gasteiger partial charge < -0.3 is 9.80 Å². The molecule has 3 heterocycles. The van der Waals surface area contributed by atoms with Gasteiger partial charge in [-0.2, -0.15) is 13.2 Å². The number of hydroxylamine groups is 1. The summed E-state index contributed by atoms with van der Waals surface area (Å²) in [5, 5.41) is 8.63. The van der Waals surface area contributed by atoms with Crippen molar-refractivity contribution in [1.82, 2.24) is 20.4 Å². The van der Waals surface area contributed by atoms with Crippen LogP contribution in [0.5, 0.6) is 0 Å². The van der Waals surface area contributed by atoms with E-state index in [1.807, 2.05) is 9.80 Å². The summed E-state index contributed by atoms with van der Waals surface area (Å²) in [6.45, 7) is 4.01. The molecule has 0 aromatic carbocycles. The van der Waals surface area contributed by atoms with E-state index in [-0.39, 0.29) is 5.56 Å². The van der Waals surface area contributed by atoms with Gasteiger partial charge in [0.25, 0.3) is 5.91 Å². The number of carbonyl (C=O) groups is 1. The highest BCUT2D eigenvalue weighted by Gasteiger charge is 2.32. The van der Waals surface area contributed by atoms with Crippen LogP contribution >= 0.6 is 0 Å². The molecule has 1 fully saturated rings. The Labute approximate surface area is 159 Å². The first-order valence-electron chi connectivity index (χ1n) is 8.60. The average Bonchev–Trinajstić information content (AvgIpc) is 2.93.